The number of ether oxygens (including phenoxy) is 4. The number of fused-ring (bicyclic) bond motifs is 2. The minimum Gasteiger partial charge on any atom is -0.378 e. The van der Waals surface area contributed by atoms with Crippen molar-refractivity contribution in [2.24, 2.45) is 5.73 Å². The van der Waals surface area contributed by atoms with E-state index in [9.17, 15) is 4.79 Å². The van der Waals surface area contributed by atoms with E-state index in [0.717, 1.165) is 25.8 Å². The smallest absolute Gasteiger partial charge is 0.220 e. The van der Waals surface area contributed by atoms with E-state index in [-0.39, 0.29) is 16.7 Å². The van der Waals surface area contributed by atoms with Crippen LogP contribution in [0.2, 0.25) is 0 Å². The van der Waals surface area contributed by atoms with Crippen LogP contribution in [0.4, 0.5) is 11.4 Å². The van der Waals surface area contributed by atoms with Crippen molar-refractivity contribution in [1.82, 2.24) is 5.32 Å². The number of rotatable bonds is 23. The van der Waals surface area contributed by atoms with Crippen LogP contribution in [0.15, 0.2) is 84.6 Å². The molecule has 0 spiro atoms. The van der Waals surface area contributed by atoms with Crippen molar-refractivity contribution < 1.29 is 28.3 Å². The number of unbranched alkanes of at least 4 members (excludes halogenated alkanes) is 2. The van der Waals surface area contributed by atoms with Crippen molar-refractivity contribution in [3.8, 4) is 0 Å². The number of carbonyl (C=O) groups is 1. The average molecular weight is 702 g/mol. The fourth-order valence-electron chi connectivity index (χ4n) is 6.97. The molecule has 0 atom stereocenters. The molecule has 1 amide bonds. The van der Waals surface area contributed by atoms with E-state index < -0.39 is 0 Å². The summed E-state index contributed by atoms with van der Waals surface area (Å²) < 4.78 is 24.0. The van der Waals surface area contributed by atoms with Gasteiger partial charge < -0.3 is 34.9 Å². The molecule has 0 bridgehead atoms. The van der Waals surface area contributed by atoms with Gasteiger partial charge in [0.15, 0.2) is 5.71 Å². The lowest BCUT2D eigenvalue weighted by atomic mass is 9.81. The van der Waals surface area contributed by atoms with Crippen LogP contribution in [0.5, 0.6) is 0 Å². The normalized spacial score (nSPS) is 16.9. The molecule has 2 aliphatic heterocycles. The quantitative estimate of drug-likeness (QED) is 0.0811. The molecule has 2 heterocycles. The Morgan fingerprint density at radius 1 is 0.765 bits per heavy atom. The highest BCUT2D eigenvalue weighted by atomic mass is 16.6. The van der Waals surface area contributed by atoms with E-state index in [4.69, 9.17) is 24.7 Å². The Bertz CT molecular complexity index is 1530. The summed E-state index contributed by atoms with van der Waals surface area (Å²) in [5.41, 5.74) is 13.1. The van der Waals surface area contributed by atoms with Gasteiger partial charge in [-0.1, -0.05) is 74.9 Å². The summed E-state index contributed by atoms with van der Waals surface area (Å²) in [4.78, 5) is 14.9. The van der Waals surface area contributed by atoms with Gasteiger partial charge in [0.1, 0.15) is 7.05 Å². The van der Waals surface area contributed by atoms with Gasteiger partial charge in [-0.2, -0.15) is 4.58 Å². The standard InChI is InChI=1S/C42H60N4O5/c1-41(2)34-16-11-13-18-36(34)45(5)38(41)20-8-6-9-21-39-42(3,4)35-17-12-14-19-37(35)46(39)25-15-7-10-22-40(47)44-24-27-49-29-31-51-33-32-50-30-28-48-26-23-43/h6,8-9,11-14,16-21H,7,10,15,22-33,43H2,1-5H3/p+1. The highest BCUT2D eigenvalue weighted by Gasteiger charge is 2.42. The minimum atomic E-state index is -0.0998. The molecule has 2 aromatic rings. The van der Waals surface area contributed by atoms with E-state index >= 15 is 0 Å². The summed E-state index contributed by atoms with van der Waals surface area (Å²) in [5.74, 6) is 0.0723. The Morgan fingerprint density at radius 3 is 2.08 bits per heavy atom. The fraction of sp³-hybridized carbons (Fsp3) is 0.524. The molecule has 0 aliphatic carbocycles. The van der Waals surface area contributed by atoms with Crippen LogP contribution in [0.3, 0.4) is 0 Å². The molecule has 0 aromatic heterocycles. The van der Waals surface area contributed by atoms with Crippen LogP contribution in [0.25, 0.3) is 0 Å². The number of allylic oxidation sites excluding steroid dienone is 6. The maximum atomic E-state index is 12.4. The summed E-state index contributed by atoms with van der Waals surface area (Å²) in [6, 6.07) is 17.4. The zero-order valence-electron chi connectivity index (χ0n) is 31.6. The van der Waals surface area contributed by atoms with Crippen molar-refractivity contribution >= 4 is 23.0 Å². The summed E-state index contributed by atoms with van der Waals surface area (Å²) in [5, 5.41) is 2.97. The van der Waals surface area contributed by atoms with E-state index in [1.54, 1.807) is 0 Å². The van der Waals surface area contributed by atoms with Crippen molar-refractivity contribution in [2.45, 2.75) is 64.2 Å². The molecular weight excluding hydrogens is 640 g/mol. The first-order chi connectivity index (χ1) is 24.7. The van der Waals surface area contributed by atoms with E-state index in [2.05, 4.69) is 128 Å². The Hall–Kier alpha value is -3.60. The lowest BCUT2D eigenvalue weighted by molar-refractivity contribution is -0.401. The van der Waals surface area contributed by atoms with Crippen LogP contribution < -0.4 is 16.0 Å². The lowest BCUT2D eigenvalue weighted by Gasteiger charge is -2.27. The van der Waals surface area contributed by atoms with Crippen LogP contribution in [0.1, 0.15) is 64.5 Å². The molecule has 0 saturated carbocycles. The number of nitrogens with two attached hydrogens (primary N) is 1. The van der Waals surface area contributed by atoms with Crippen LogP contribution in [-0.2, 0) is 34.6 Å². The van der Waals surface area contributed by atoms with Gasteiger partial charge in [-0.25, -0.2) is 0 Å². The molecule has 2 aromatic carbocycles. The summed E-state index contributed by atoms with van der Waals surface area (Å²) in [6.45, 7) is 15.3. The number of carbonyl (C=O) groups excluding carboxylic acids is 1. The number of anilines is 1. The maximum absolute atomic E-state index is 12.4. The highest BCUT2D eigenvalue weighted by molar-refractivity contribution is 6.03. The molecular formula is C42H61N4O5+. The van der Waals surface area contributed by atoms with Gasteiger partial charge in [0, 0.05) is 60.6 Å². The van der Waals surface area contributed by atoms with E-state index in [0.29, 0.717) is 72.4 Å². The number of hydrogen-bond donors (Lipinski definition) is 2. The molecule has 51 heavy (non-hydrogen) atoms. The third kappa shape index (κ3) is 11.2. The summed E-state index contributed by atoms with van der Waals surface area (Å²) in [7, 11) is 2.15. The lowest BCUT2D eigenvalue weighted by Crippen LogP contribution is -2.28. The second-order valence-corrected chi connectivity index (χ2v) is 14.1. The molecule has 3 N–H and O–H groups in total. The number of nitrogens with zero attached hydrogens (tertiary/aromatic N) is 2. The van der Waals surface area contributed by atoms with E-state index in [1.807, 2.05) is 0 Å². The Labute approximate surface area is 306 Å². The Balaban J connectivity index is 1.16. The van der Waals surface area contributed by atoms with Gasteiger partial charge in [-0.05, 0) is 44.4 Å². The maximum Gasteiger partial charge on any atom is 0.220 e. The first-order valence-corrected chi connectivity index (χ1v) is 18.6. The predicted molar refractivity (Wildman–Crippen MR) is 207 cm³/mol. The zero-order valence-corrected chi connectivity index (χ0v) is 31.6. The largest absolute Gasteiger partial charge is 0.378 e. The number of para-hydroxylation sites is 2. The molecule has 9 nitrogen and oxygen atoms in total. The monoisotopic (exact) mass is 701 g/mol. The number of hydrogen-bond acceptors (Lipinski definition) is 7. The first-order valence-electron chi connectivity index (χ1n) is 18.6. The molecule has 278 valence electrons. The molecule has 2 aliphatic rings. The van der Waals surface area contributed by atoms with Gasteiger partial charge in [-0.15, -0.1) is 0 Å². The van der Waals surface area contributed by atoms with Gasteiger partial charge >= 0.3 is 0 Å². The van der Waals surface area contributed by atoms with Crippen LogP contribution >= 0.6 is 0 Å². The topological polar surface area (TPSA) is 98.3 Å². The van der Waals surface area contributed by atoms with Gasteiger partial charge in [-0.3, -0.25) is 4.79 Å². The second kappa shape index (κ2) is 20.4. The van der Waals surface area contributed by atoms with E-state index in [1.165, 1.54) is 33.9 Å². The molecule has 0 radical (unpaired) electrons. The highest BCUT2D eigenvalue weighted by Crippen LogP contribution is 2.47. The number of benzene rings is 2. The second-order valence-electron chi connectivity index (χ2n) is 14.1. The zero-order chi connectivity index (χ0) is 36.5. The van der Waals surface area contributed by atoms with Crippen molar-refractivity contribution in [3.63, 3.8) is 0 Å². The van der Waals surface area contributed by atoms with Crippen molar-refractivity contribution in [3.05, 3.63) is 95.7 Å². The number of amides is 1. The van der Waals surface area contributed by atoms with Crippen molar-refractivity contribution in [2.75, 3.05) is 84.4 Å². The van der Waals surface area contributed by atoms with Gasteiger partial charge in [0.2, 0.25) is 11.6 Å². The summed E-state index contributed by atoms with van der Waals surface area (Å²) in [6.07, 6.45) is 14.4. The minimum absolute atomic E-state index is 0.0387. The molecule has 0 unspecified atom stereocenters. The van der Waals surface area contributed by atoms with Crippen LogP contribution in [0, 0.1) is 0 Å². The summed E-state index contributed by atoms with van der Waals surface area (Å²) >= 11 is 0. The molecule has 0 fully saturated rings. The Morgan fingerprint density at radius 2 is 1.39 bits per heavy atom. The Kier molecular flexibility index (Phi) is 16.1. The third-order valence-corrected chi connectivity index (χ3v) is 9.70. The third-order valence-electron chi connectivity index (χ3n) is 9.70. The molecule has 4 rings (SSSR count). The SMILES string of the molecule is C[N+]1=C(/C=C/C=C/C=C2\N(CCCCCC(=O)NCCOCCOCCOCCOCCN)c3ccccc3C2(C)C)C(C)(C)c2ccccc21. The van der Waals surface area contributed by atoms with Gasteiger partial charge in [0.05, 0.1) is 58.3 Å². The fourth-order valence-corrected chi connectivity index (χ4v) is 6.97. The molecule has 9 heteroatoms. The van der Waals surface area contributed by atoms with Gasteiger partial charge in [0.25, 0.3) is 0 Å². The van der Waals surface area contributed by atoms with Crippen molar-refractivity contribution in [1.29, 1.82) is 0 Å². The average Bonchev–Trinajstić information content (AvgIpc) is 3.45. The predicted octanol–water partition coefficient (Wildman–Crippen LogP) is 6.19. The van der Waals surface area contributed by atoms with Crippen LogP contribution in [-0.4, -0.2) is 95.7 Å². The first kappa shape index (κ1) is 40.2. The number of nitrogens with one attached hydrogen (secondary N) is 1. The molecule has 0 saturated heterocycles.